The molecule has 0 fully saturated rings. The van der Waals surface area contributed by atoms with Gasteiger partial charge >= 0.3 is 0 Å². The fraction of sp³-hybridized carbons (Fsp3) is 0.780. The Balaban J connectivity index is 4.55. The molecule has 0 aromatic heterocycles. The first-order valence-corrected chi connectivity index (χ1v) is 21.4. The smallest absolute Gasteiger partial charge is 0.268 e. The van der Waals surface area contributed by atoms with E-state index in [2.05, 4.69) is 55.6 Å². The van der Waals surface area contributed by atoms with Crippen molar-refractivity contribution in [2.75, 3.05) is 40.9 Å². The second kappa shape index (κ2) is 33.3. The van der Waals surface area contributed by atoms with Crippen LogP contribution in [0.4, 0.5) is 0 Å². The Labute approximate surface area is 308 Å². The zero-order valence-electron chi connectivity index (χ0n) is 32.8. The van der Waals surface area contributed by atoms with Gasteiger partial charge in [0.05, 0.1) is 39.9 Å². The van der Waals surface area contributed by atoms with Crippen molar-refractivity contribution in [3.63, 3.8) is 0 Å². The molecule has 0 spiro atoms. The molecular formula is C41H77N2O6P. The predicted molar refractivity (Wildman–Crippen MR) is 210 cm³/mol. The van der Waals surface area contributed by atoms with E-state index < -0.39 is 20.0 Å². The first-order valence-electron chi connectivity index (χ1n) is 20.0. The summed E-state index contributed by atoms with van der Waals surface area (Å²) in [6.45, 7) is 4.52. The van der Waals surface area contributed by atoms with E-state index in [9.17, 15) is 19.4 Å². The Kier molecular flexibility index (Phi) is 32.3. The van der Waals surface area contributed by atoms with Crippen LogP contribution in [-0.2, 0) is 18.4 Å². The summed E-state index contributed by atoms with van der Waals surface area (Å²) in [5.41, 5.74) is 0. The van der Waals surface area contributed by atoms with E-state index in [0.29, 0.717) is 23.9 Å². The number of hydrogen-bond donors (Lipinski definition) is 2. The minimum absolute atomic E-state index is 0.00213. The van der Waals surface area contributed by atoms with E-state index in [1.165, 1.54) is 77.0 Å². The van der Waals surface area contributed by atoms with Crippen LogP contribution < -0.4 is 10.2 Å². The Morgan fingerprint density at radius 3 is 1.66 bits per heavy atom. The number of allylic oxidation sites excluding steroid dienone is 8. The number of nitrogens with one attached hydrogen (secondary N) is 1. The molecule has 0 bridgehead atoms. The molecule has 292 valence electrons. The van der Waals surface area contributed by atoms with Crippen LogP contribution in [0.25, 0.3) is 0 Å². The summed E-state index contributed by atoms with van der Waals surface area (Å²) in [5.74, 6) is -0.247. The van der Waals surface area contributed by atoms with Crippen molar-refractivity contribution in [3.8, 4) is 0 Å². The van der Waals surface area contributed by atoms with Crippen LogP contribution in [0.5, 0.6) is 0 Å². The quantitative estimate of drug-likeness (QED) is 0.0292. The van der Waals surface area contributed by atoms with Gasteiger partial charge < -0.3 is 28.8 Å². The molecule has 0 radical (unpaired) electrons. The second-order valence-electron chi connectivity index (χ2n) is 14.6. The second-order valence-corrected chi connectivity index (χ2v) is 16.0. The number of rotatable bonds is 35. The third-order valence-corrected chi connectivity index (χ3v) is 9.56. The largest absolute Gasteiger partial charge is 0.756 e. The van der Waals surface area contributed by atoms with Crippen molar-refractivity contribution in [1.82, 2.24) is 5.32 Å². The van der Waals surface area contributed by atoms with Gasteiger partial charge in [-0.1, -0.05) is 159 Å². The van der Waals surface area contributed by atoms with Crippen LogP contribution in [0.3, 0.4) is 0 Å². The lowest BCUT2D eigenvalue weighted by molar-refractivity contribution is -0.870. The fourth-order valence-corrected chi connectivity index (χ4v) is 6.12. The summed E-state index contributed by atoms with van der Waals surface area (Å²) < 4.78 is 23.1. The van der Waals surface area contributed by atoms with Gasteiger partial charge in [-0.05, 0) is 38.5 Å². The minimum Gasteiger partial charge on any atom is -0.756 e. The zero-order chi connectivity index (χ0) is 37.2. The zero-order valence-corrected chi connectivity index (χ0v) is 33.7. The number of quaternary nitrogens is 1. The molecule has 0 aromatic carbocycles. The molecule has 3 atom stereocenters. The molecule has 0 saturated heterocycles. The number of aliphatic hydroxyl groups is 1. The summed E-state index contributed by atoms with van der Waals surface area (Å²) in [6, 6.07) is -0.837. The molecule has 0 aliphatic rings. The van der Waals surface area contributed by atoms with Crippen molar-refractivity contribution in [1.29, 1.82) is 0 Å². The lowest BCUT2D eigenvalue weighted by atomic mass is 10.0. The number of amides is 1. The normalized spacial score (nSPS) is 15.1. The van der Waals surface area contributed by atoms with Crippen molar-refractivity contribution in [3.05, 3.63) is 48.6 Å². The van der Waals surface area contributed by atoms with Crippen LogP contribution in [0.2, 0.25) is 0 Å². The van der Waals surface area contributed by atoms with Crippen LogP contribution in [0.15, 0.2) is 48.6 Å². The molecule has 0 heterocycles. The Hall–Kier alpha value is -1.54. The summed E-state index contributed by atoms with van der Waals surface area (Å²) >= 11 is 0. The highest BCUT2D eigenvalue weighted by molar-refractivity contribution is 7.45. The molecule has 50 heavy (non-hydrogen) atoms. The molecule has 0 aliphatic carbocycles. The Bertz CT molecular complexity index is 959. The van der Waals surface area contributed by atoms with Gasteiger partial charge in [0.1, 0.15) is 13.2 Å². The van der Waals surface area contributed by atoms with E-state index in [-0.39, 0.29) is 25.5 Å². The van der Waals surface area contributed by atoms with Crippen molar-refractivity contribution >= 4 is 13.7 Å². The highest BCUT2D eigenvalue weighted by atomic mass is 31.2. The average Bonchev–Trinajstić information content (AvgIpc) is 3.06. The van der Waals surface area contributed by atoms with Crippen molar-refractivity contribution < 1.29 is 32.9 Å². The van der Waals surface area contributed by atoms with E-state index >= 15 is 0 Å². The van der Waals surface area contributed by atoms with Gasteiger partial charge in [0.15, 0.2) is 0 Å². The standard InChI is InChI=1S/C41H77N2O6P/c1-6-8-10-12-14-16-18-20-21-23-24-26-28-30-32-34-40(44)39(38-49-50(46,47)48-37-36-43(3,4)5)42-41(45)35-33-31-29-27-25-22-19-17-15-13-11-9-7-2/h9,11,15,17,22,25,29,31,39-40,44H,6-8,10,12-14,16,18-21,23-24,26-28,30,32-38H2,1-5H3,(H-,42,45,46,47)/b11-9-,17-15-,25-22-,31-29-. The summed E-state index contributed by atoms with van der Waals surface area (Å²) in [7, 11) is 1.25. The first-order chi connectivity index (χ1) is 24.0. The maximum Gasteiger partial charge on any atom is 0.268 e. The summed E-state index contributed by atoms with van der Waals surface area (Å²) in [4.78, 5) is 25.2. The number of nitrogens with zero attached hydrogens (tertiary/aromatic N) is 1. The van der Waals surface area contributed by atoms with Crippen molar-refractivity contribution in [2.24, 2.45) is 0 Å². The molecule has 0 aliphatic heterocycles. The van der Waals surface area contributed by atoms with E-state index in [1.54, 1.807) is 0 Å². The molecule has 1 amide bonds. The molecule has 2 N–H and O–H groups in total. The number of carbonyl (C=O) groups is 1. The van der Waals surface area contributed by atoms with Crippen LogP contribution >= 0.6 is 7.82 Å². The van der Waals surface area contributed by atoms with Gasteiger partial charge in [-0.25, -0.2) is 0 Å². The fourth-order valence-electron chi connectivity index (χ4n) is 5.40. The van der Waals surface area contributed by atoms with Crippen LogP contribution in [0, 0.1) is 0 Å². The van der Waals surface area contributed by atoms with E-state index in [1.807, 2.05) is 33.3 Å². The van der Waals surface area contributed by atoms with E-state index in [0.717, 1.165) is 44.9 Å². The van der Waals surface area contributed by atoms with E-state index in [4.69, 9.17) is 9.05 Å². The van der Waals surface area contributed by atoms with Gasteiger partial charge in [0.25, 0.3) is 7.82 Å². The molecule has 3 unspecified atom stereocenters. The molecule has 0 saturated carbocycles. The topological polar surface area (TPSA) is 108 Å². The highest BCUT2D eigenvalue weighted by Gasteiger charge is 2.24. The van der Waals surface area contributed by atoms with Gasteiger partial charge in [0, 0.05) is 6.42 Å². The van der Waals surface area contributed by atoms with Gasteiger partial charge in [-0.3, -0.25) is 9.36 Å². The van der Waals surface area contributed by atoms with Crippen LogP contribution in [-0.4, -0.2) is 68.5 Å². The molecule has 9 heteroatoms. The van der Waals surface area contributed by atoms with Gasteiger partial charge in [0.2, 0.25) is 5.91 Å². The number of likely N-dealkylation sites (N-methyl/N-ethyl adjacent to an activating group) is 1. The molecular weight excluding hydrogens is 647 g/mol. The number of phosphoric acid groups is 1. The number of aliphatic hydroxyl groups excluding tert-OH is 1. The minimum atomic E-state index is -4.58. The maximum atomic E-state index is 12.8. The molecule has 0 rings (SSSR count). The van der Waals surface area contributed by atoms with Crippen LogP contribution in [0.1, 0.15) is 155 Å². The SMILES string of the molecule is CC/C=C\C/C=C\C/C=C\C/C=C\CCC(=O)NC(COP(=O)([O-])OCC[N+](C)(C)C)C(O)CCCCCCCCCCCCCCCCC. The summed E-state index contributed by atoms with van der Waals surface area (Å²) in [6.07, 6.45) is 39.9. The third kappa shape index (κ3) is 34.9. The molecule has 8 nitrogen and oxygen atoms in total. The monoisotopic (exact) mass is 725 g/mol. The Morgan fingerprint density at radius 2 is 1.18 bits per heavy atom. The number of unbranched alkanes of at least 4 members (excludes halogenated alkanes) is 14. The average molecular weight is 725 g/mol. The lowest BCUT2D eigenvalue weighted by Gasteiger charge is -2.30. The number of phosphoric ester groups is 1. The molecule has 0 aromatic rings. The third-order valence-electron chi connectivity index (χ3n) is 8.59. The number of hydrogen-bond acceptors (Lipinski definition) is 6. The summed E-state index contributed by atoms with van der Waals surface area (Å²) in [5, 5.41) is 13.8. The first kappa shape index (κ1) is 48.5. The lowest BCUT2D eigenvalue weighted by Crippen LogP contribution is -2.46. The van der Waals surface area contributed by atoms with Gasteiger partial charge in [-0.2, -0.15) is 0 Å². The van der Waals surface area contributed by atoms with Crippen molar-refractivity contribution in [2.45, 2.75) is 167 Å². The number of carbonyl (C=O) groups excluding carboxylic acids is 1. The Morgan fingerprint density at radius 1 is 0.720 bits per heavy atom. The van der Waals surface area contributed by atoms with Gasteiger partial charge in [-0.15, -0.1) is 0 Å². The predicted octanol–water partition coefficient (Wildman–Crippen LogP) is 9.89. The highest BCUT2D eigenvalue weighted by Crippen LogP contribution is 2.38. The maximum absolute atomic E-state index is 12.8.